The van der Waals surface area contributed by atoms with Crippen LogP contribution in [0.2, 0.25) is 0 Å². The number of hydrogen-bond acceptors (Lipinski definition) is 3. The first kappa shape index (κ1) is 14.4. The molecule has 0 saturated heterocycles. The van der Waals surface area contributed by atoms with E-state index in [1.165, 1.54) is 6.42 Å². The fourth-order valence-corrected chi connectivity index (χ4v) is 1.34. The van der Waals surface area contributed by atoms with Crippen molar-refractivity contribution in [3.63, 3.8) is 0 Å². The van der Waals surface area contributed by atoms with Crippen LogP contribution in [0.5, 0.6) is 0 Å². The Kier molecular flexibility index (Phi) is 11.0. The van der Waals surface area contributed by atoms with Gasteiger partial charge in [0.25, 0.3) is 0 Å². The van der Waals surface area contributed by atoms with Gasteiger partial charge in [0.2, 0.25) is 5.91 Å². The maximum atomic E-state index is 10.9. The molecule has 0 spiro atoms. The van der Waals surface area contributed by atoms with Gasteiger partial charge in [0.15, 0.2) is 0 Å². The minimum absolute atomic E-state index is 0.111. The van der Waals surface area contributed by atoms with Crippen molar-refractivity contribution >= 4 is 5.91 Å². The van der Waals surface area contributed by atoms with Crippen LogP contribution in [0.3, 0.4) is 0 Å². The molecule has 15 heavy (non-hydrogen) atoms. The summed E-state index contributed by atoms with van der Waals surface area (Å²) >= 11 is 0. The maximum absolute atomic E-state index is 10.9. The van der Waals surface area contributed by atoms with Gasteiger partial charge in [-0.25, -0.2) is 0 Å². The van der Waals surface area contributed by atoms with Gasteiger partial charge >= 0.3 is 0 Å². The topological polar surface area (TPSA) is 61.4 Å². The number of carbonyl (C=O) groups excluding carboxylic acids is 1. The van der Waals surface area contributed by atoms with Crippen molar-refractivity contribution in [2.45, 2.75) is 38.5 Å². The average molecular weight is 216 g/mol. The van der Waals surface area contributed by atoms with Crippen molar-refractivity contribution in [2.24, 2.45) is 0 Å². The van der Waals surface area contributed by atoms with Crippen LogP contribution in [0.4, 0.5) is 0 Å². The third-order valence-corrected chi connectivity index (χ3v) is 2.30. The van der Waals surface area contributed by atoms with E-state index in [1.54, 1.807) is 7.05 Å². The van der Waals surface area contributed by atoms with Gasteiger partial charge in [0, 0.05) is 20.1 Å². The van der Waals surface area contributed by atoms with Crippen molar-refractivity contribution in [3.05, 3.63) is 0 Å². The van der Waals surface area contributed by atoms with E-state index in [-0.39, 0.29) is 5.91 Å². The van der Waals surface area contributed by atoms with Gasteiger partial charge < -0.3 is 15.7 Å². The number of hydrogen-bond donors (Lipinski definition) is 3. The molecule has 0 aromatic carbocycles. The molecule has 0 rings (SSSR count). The normalized spacial score (nSPS) is 10.3. The second-order valence-corrected chi connectivity index (χ2v) is 3.66. The molecule has 0 aliphatic carbocycles. The Morgan fingerprint density at radius 1 is 1.07 bits per heavy atom. The lowest BCUT2D eigenvalue weighted by molar-refractivity contribution is -0.120. The highest BCUT2D eigenvalue weighted by Crippen LogP contribution is 1.97. The Hall–Kier alpha value is -0.610. The van der Waals surface area contributed by atoms with Gasteiger partial charge in [0.05, 0.1) is 0 Å². The van der Waals surface area contributed by atoms with Gasteiger partial charge in [-0.05, 0) is 32.4 Å². The summed E-state index contributed by atoms with van der Waals surface area (Å²) in [5, 5.41) is 14.5. The Morgan fingerprint density at radius 3 is 2.40 bits per heavy atom. The van der Waals surface area contributed by atoms with E-state index in [2.05, 4.69) is 10.6 Å². The number of unbranched alkanes of at least 4 members (excludes halogenated alkanes) is 3. The highest BCUT2D eigenvalue weighted by Gasteiger charge is 1.96. The SMILES string of the molecule is CNC(=O)CCCNCCCCCCO. The summed E-state index contributed by atoms with van der Waals surface area (Å²) < 4.78 is 0. The van der Waals surface area contributed by atoms with E-state index in [4.69, 9.17) is 5.11 Å². The first-order valence-electron chi connectivity index (χ1n) is 5.83. The summed E-state index contributed by atoms with van der Waals surface area (Å²) in [6.07, 6.45) is 5.85. The molecule has 0 aliphatic heterocycles. The van der Waals surface area contributed by atoms with E-state index >= 15 is 0 Å². The molecule has 0 fully saturated rings. The molecule has 0 aromatic heterocycles. The standard InChI is InChI=1S/C11H24N2O2/c1-12-11(15)7-6-9-13-8-4-2-3-5-10-14/h13-14H,2-10H2,1H3,(H,12,15). The zero-order valence-corrected chi connectivity index (χ0v) is 9.72. The summed E-state index contributed by atoms with van der Waals surface area (Å²) in [6, 6.07) is 0. The van der Waals surface area contributed by atoms with Gasteiger partial charge in [0.1, 0.15) is 0 Å². The van der Waals surface area contributed by atoms with Crippen LogP contribution in [0.25, 0.3) is 0 Å². The van der Waals surface area contributed by atoms with E-state index < -0.39 is 0 Å². The summed E-state index contributed by atoms with van der Waals surface area (Å²) in [5.41, 5.74) is 0. The average Bonchev–Trinajstić information content (AvgIpc) is 2.26. The van der Waals surface area contributed by atoms with E-state index in [9.17, 15) is 4.79 Å². The molecule has 0 saturated carbocycles. The third kappa shape index (κ3) is 11.3. The Bertz CT molecular complexity index is 152. The molecular weight excluding hydrogens is 192 g/mol. The zero-order valence-electron chi connectivity index (χ0n) is 9.72. The monoisotopic (exact) mass is 216 g/mol. The molecule has 0 aromatic rings. The van der Waals surface area contributed by atoms with Gasteiger partial charge in [-0.2, -0.15) is 0 Å². The Morgan fingerprint density at radius 2 is 1.73 bits per heavy atom. The minimum Gasteiger partial charge on any atom is -0.396 e. The highest BCUT2D eigenvalue weighted by atomic mass is 16.2. The first-order chi connectivity index (χ1) is 7.31. The van der Waals surface area contributed by atoms with Crippen LogP contribution in [-0.2, 0) is 4.79 Å². The quantitative estimate of drug-likeness (QED) is 0.470. The maximum Gasteiger partial charge on any atom is 0.219 e. The Balaban J connectivity index is 2.95. The molecule has 4 heteroatoms. The summed E-state index contributed by atoms with van der Waals surface area (Å²) in [6.45, 7) is 2.23. The lowest BCUT2D eigenvalue weighted by atomic mass is 10.2. The van der Waals surface area contributed by atoms with Crippen molar-refractivity contribution in [1.29, 1.82) is 0 Å². The van der Waals surface area contributed by atoms with Crippen molar-refractivity contribution in [2.75, 3.05) is 26.7 Å². The van der Waals surface area contributed by atoms with E-state index in [1.807, 2.05) is 0 Å². The van der Waals surface area contributed by atoms with Crippen LogP contribution in [0.15, 0.2) is 0 Å². The summed E-state index contributed by atoms with van der Waals surface area (Å²) in [4.78, 5) is 10.9. The first-order valence-corrected chi connectivity index (χ1v) is 5.83. The fraction of sp³-hybridized carbons (Fsp3) is 0.909. The number of aliphatic hydroxyl groups is 1. The van der Waals surface area contributed by atoms with Crippen LogP contribution in [0, 0.1) is 0 Å². The smallest absolute Gasteiger partial charge is 0.219 e. The van der Waals surface area contributed by atoms with Crippen LogP contribution in [-0.4, -0.2) is 37.8 Å². The van der Waals surface area contributed by atoms with Crippen molar-refractivity contribution in [3.8, 4) is 0 Å². The van der Waals surface area contributed by atoms with Gasteiger partial charge in [-0.1, -0.05) is 12.8 Å². The van der Waals surface area contributed by atoms with E-state index in [0.29, 0.717) is 13.0 Å². The fourth-order valence-electron chi connectivity index (χ4n) is 1.34. The van der Waals surface area contributed by atoms with Crippen molar-refractivity contribution in [1.82, 2.24) is 10.6 Å². The predicted molar refractivity (Wildman–Crippen MR) is 61.7 cm³/mol. The van der Waals surface area contributed by atoms with Gasteiger partial charge in [-0.15, -0.1) is 0 Å². The second kappa shape index (κ2) is 11.5. The molecule has 0 unspecified atom stereocenters. The molecule has 0 heterocycles. The molecule has 90 valence electrons. The predicted octanol–water partition coefficient (Wildman–Crippen LogP) is 0.655. The zero-order chi connectivity index (χ0) is 11.4. The lowest BCUT2D eigenvalue weighted by Crippen LogP contribution is -2.21. The molecular formula is C11H24N2O2. The number of carbonyl (C=O) groups is 1. The Labute approximate surface area is 92.4 Å². The molecule has 1 amide bonds. The van der Waals surface area contributed by atoms with Crippen LogP contribution < -0.4 is 10.6 Å². The number of aliphatic hydroxyl groups excluding tert-OH is 1. The summed E-state index contributed by atoms with van der Waals surface area (Å²) in [5.74, 6) is 0.111. The number of nitrogens with one attached hydrogen (secondary N) is 2. The van der Waals surface area contributed by atoms with Crippen molar-refractivity contribution < 1.29 is 9.90 Å². The molecule has 3 N–H and O–H groups in total. The molecule has 0 aliphatic rings. The summed E-state index contributed by atoms with van der Waals surface area (Å²) in [7, 11) is 1.66. The number of rotatable bonds is 10. The largest absolute Gasteiger partial charge is 0.396 e. The van der Waals surface area contributed by atoms with Crippen LogP contribution in [0.1, 0.15) is 38.5 Å². The molecule has 0 bridgehead atoms. The van der Waals surface area contributed by atoms with Crippen LogP contribution >= 0.6 is 0 Å². The highest BCUT2D eigenvalue weighted by molar-refractivity contribution is 5.75. The van der Waals surface area contributed by atoms with E-state index in [0.717, 1.165) is 38.8 Å². The molecule has 0 radical (unpaired) electrons. The molecule has 0 atom stereocenters. The second-order valence-electron chi connectivity index (χ2n) is 3.66. The molecule has 4 nitrogen and oxygen atoms in total. The third-order valence-electron chi connectivity index (χ3n) is 2.30. The number of amides is 1. The minimum atomic E-state index is 0.111. The lowest BCUT2D eigenvalue weighted by Gasteiger charge is -2.04. The van der Waals surface area contributed by atoms with Gasteiger partial charge in [-0.3, -0.25) is 4.79 Å².